The van der Waals surface area contributed by atoms with Gasteiger partial charge in [0.1, 0.15) is 5.82 Å². The first-order valence-corrected chi connectivity index (χ1v) is 8.39. The number of nitrogens with two attached hydrogens (primary N) is 1. The van der Waals surface area contributed by atoms with E-state index in [1.165, 1.54) is 31.4 Å². The molecule has 0 bridgehead atoms. The fourth-order valence-corrected chi connectivity index (χ4v) is 3.62. The van der Waals surface area contributed by atoms with Crippen molar-refractivity contribution >= 4 is 15.9 Å². The van der Waals surface area contributed by atoms with Gasteiger partial charge in [0.15, 0.2) is 0 Å². The summed E-state index contributed by atoms with van der Waals surface area (Å²) >= 11 is 3.45. The Morgan fingerprint density at radius 1 is 1.33 bits per heavy atom. The Bertz CT molecular complexity index is 473. The molecule has 21 heavy (non-hydrogen) atoms. The Morgan fingerprint density at radius 3 is 2.57 bits per heavy atom. The first-order valence-electron chi connectivity index (χ1n) is 7.60. The zero-order valence-electron chi connectivity index (χ0n) is 12.8. The molecule has 3 N–H and O–H groups in total. The Morgan fingerprint density at radius 2 is 2.00 bits per heavy atom. The van der Waals surface area contributed by atoms with E-state index in [-0.39, 0.29) is 17.4 Å². The van der Waals surface area contributed by atoms with Gasteiger partial charge in [-0.15, -0.1) is 0 Å². The van der Waals surface area contributed by atoms with E-state index >= 15 is 0 Å². The summed E-state index contributed by atoms with van der Waals surface area (Å²) < 4.78 is 14.0. The van der Waals surface area contributed by atoms with Gasteiger partial charge >= 0.3 is 0 Å². The van der Waals surface area contributed by atoms with Crippen molar-refractivity contribution in [3.8, 4) is 0 Å². The van der Waals surface area contributed by atoms with Crippen LogP contribution < -0.4 is 11.3 Å². The standard InChI is InChI=1S/C16H25BrFN3/c1-16(2,21-8-4-3-5-9-21)15(20-19)10-12-6-7-13(18)11-14(12)17/h6-7,11,15,20H,3-5,8-10,19H2,1-2H3. The summed E-state index contributed by atoms with van der Waals surface area (Å²) in [5, 5.41) is 0. The molecule has 0 saturated carbocycles. The molecule has 1 heterocycles. The van der Waals surface area contributed by atoms with Crippen LogP contribution >= 0.6 is 15.9 Å². The van der Waals surface area contributed by atoms with E-state index in [0.717, 1.165) is 29.5 Å². The number of likely N-dealkylation sites (tertiary alicyclic amines) is 1. The quantitative estimate of drug-likeness (QED) is 0.627. The van der Waals surface area contributed by atoms with Gasteiger partial charge < -0.3 is 0 Å². The zero-order chi connectivity index (χ0) is 15.5. The van der Waals surface area contributed by atoms with Crippen LogP contribution in [0, 0.1) is 5.82 Å². The van der Waals surface area contributed by atoms with Gasteiger partial charge in [-0.3, -0.25) is 16.2 Å². The van der Waals surface area contributed by atoms with E-state index in [4.69, 9.17) is 5.84 Å². The Labute approximate surface area is 135 Å². The van der Waals surface area contributed by atoms with E-state index in [9.17, 15) is 4.39 Å². The predicted octanol–water partition coefficient (Wildman–Crippen LogP) is 3.23. The molecular weight excluding hydrogens is 333 g/mol. The molecule has 5 heteroatoms. The average molecular weight is 358 g/mol. The number of nitrogens with one attached hydrogen (secondary N) is 1. The summed E-state index contributed by atoms with van der Waals surface area (Å²) in [4.78, 5) is 2.51. The van der Waals surface area contributed by atoms with Crippen LogP contribution in [0.1, 0.15) is 38.7 Å². The van der Waals surface area contributed by atoms with Gasteiger partial charge in [0.05, 0.1) is 0 Å². The van der Waals surface area contributed by atoms with Crippen LogP contribution in [0.2, 0.25) is 0 Å². The molecule has 0 aromatic heterocycles. The van der Waals surface area contributed by atoms with Crippen LogP contribution in [0.5, 0.6) is 0 Å². The Hall–Kier alpha value is -0.490. The van der Waals surface area contributed by atoms with Crippen molar-refractivity contribution in [3.63, 3.8) is 0 Å². The highest BCUT2D eigenvalue weighted by Gasteiger charge is 2.35. The molecule has 0 amide bonds. The lowest BCUT2D eigenvalue weighted by molar-refractivity contribution is 0.0610. The highest BCUT2D eigenvalue weighted by Crippen LogP contribution is 2.27. The van der Waals surface area contributed by atoms with E-state index in [2.05, 4.69) is 40.1 Å². The minimum Gasteiger partial charge on any atom is -0.297 e. The molecule has 0 aliphatic carbocycles. The van der Waals surface area contributed by atoms with Crippen LogP contribution in [0.4, 0.5) is 4.39 Å². The number of hydrogen-bond donors (Lipinski definition) is 2. The number of halogens is 2. The second kappa shape index (κ2) is 7.18. The molecule has 1 aliphatic rings. The van der Waals surface area contributed by atoms with Crippen molar-refractivity contribution in [1.82, 2.24) is 10.3 Å². The maximum absolute atomic E-state index is 13.2. The van der Waals surface area contributed by atoms with Gasteiger partial charge in [0.25, 0.3) is 0 Å². The third kappa shape index (κ3) is 4.03. The number of hydrogen-bond acceptors (Lipinski definition) is 3. The van der Waals surface area contributed by atoms with E-state index in [0.29, 0.717) is 0 Å². The van der Waals surface area contributed by atoms with E-state index < -0.39 is 0 Å². The maximum Gasteiger partial charge on any atom is 0.124 e. The van der Waals surface area contributed by atoms with Gasteiger partial charge in [0.2, 0.25) is 0 Å². The van der Waals surface area contributed by atoms with E-state index in [1.54, 1.807) is 0 Å². The van der Waals surface area contributed by atoms with Crippen molar-refractivity contribution < 1.29 is 4.39 Å². The molecular formula is C16H25BrFN3. The minimum absolute atomic E-state index is 0.0387. The lowest BCUT2D eigenvalue weighted by Gasteiger charge is -2.46. The molecule has 2 rings (SSSR count). The molecule has 0 spiro atoms. The molecule has 118 valence electrons. The predicted molar refractivity (Wildman–Crippen MR) is 88.4 cm³/mol. The van der Waals surface area contributed by atoms with Crippen molar-refractivity contribution in [2.75, 3.05) is 13.1 Å². The molecule has 1 unspecified atom stereocenters. The number of rotatable bonds is 5. The largest absolute Gasteiger partial charge is 0.297 e. The van der Waals surface area contributed by atoms with Crippen LogP contribution in [0.25, 0.3) is 0 Å². The van der Waals surface area contributed by atoms with Crippen molar-refractivity contribution in [3.05, 3.63) is 34.1 Å². The summed E-state index contributed by atoms with van der Waals surface area (Å²) in [5.74, 6) is 5.60. The van der Waals surface area contributed by atoms with Gasteiger partial charge in [-0.25, -0.2) is 4.39 Å². The zero-order valence-corrected chi connectivity index (χ0v) is 14.4. The Balaban J connectivity index is 2.14. The number of nitrogens with zero attached hydrogens (tertiary/aromatic N) is 1. The summed E-state index contributed by atoms with van der Waals surface area (Å²) in [5.41, 5.74) is 4.01. The molecule has 0 radical (unpaired) electrons. The fourth-order valence-electron chi connectivity index (χ4n) is 3.11. The van der Waals surface area contributed by atoms with Gasteiger partial charge in [0, 0.05) is 16.1 Å². The summed E-state index contributed by atoms with van der Waals surface area (Å²) in [6.07, 6.45) is 4.58. The van der Waals surface area contributed by atoms with Crippen LogP contribution in [-0.2, 0) is 6.42 Å². The molecule has 1 aromatic carbocycles. The monoisotopic (exact) mass is 357 g/mol. The lowest BCUT2D eigenvalue weighted by Crippen LogP contribution is -2.61. The summed E-state index contributed by atoms with van der Waals surface area (Å²) in [6, 6.07) is 4.95. The molecule has 1 aromatic rings. The molecule has 3 nitrogen and oxygen atoms in total. The van der Waals surface area contributed by atoms with Crippen molar-refractivity contribution in [1.29, 1.82) is 0 Å². The maximum atomic E-state index is 13.2. The highest BCUT2D eigenvalue weighted by atomic mass is 79.9. The van der Waals surface area contributed by atoms with E-state index in [1.807, 2.05) is 6.07 Å². The third-order valence-electron chi connectivity index (χ3n) is 4.66. The third-order valence-corrected chi connectivity index (χ3v) is 5.40. The molecule has 1 atom stereocenters. The normalized spacial score (nSPS) is 18.7. The lowest BCUT2D eigenvalue weighted by atomic mass is 9.86. The van der Waals surface area contributed by atoms with Crippen LogP contribution in [-0.4, -0.2) is 29.6 Å². The van der Waals surface area contributed by atoms with Gasteiger partial charge in [-0.05, 0) is 63.9 Å². The summed E-state index contributed by atoms with van der Waals surface area (Å²) in [6.45, 7) is 6.71. The molecule has 1 aliphatic heterocycles. The number of piperidine rings is 1. The first-order chi connectivity index (χ1) is 9.95. The molecule has 1 saturated heterocycles. The number of hydrazine groups is 1. The van der Waals surface area contributed by atoms with Gasteiger partial charge in [-0.2, -0.15) is 0 Å². The smallest absolute Gasteiger partial charge is 0.124 e. The number of benzene rings is 1. The second-order valence-corrected chi connectivity index (χ2v) is 7.21. The second-order valence-electron chi connectivity index (χ2n) is 6.36. The van der Waals surface area contributed by atoms with Crippen molar-refractivity contribution in [2.24, 2.45) is 5.84 Å². The Kier molecular flexibility index (Phi) is 5.77. The van der Waals surface area contributed by atoms with Crippen LogP contribution in [0.3, 0.4) is 0 Å². The van der Waals surface area contributed by atoms with Gasteiger partial charge in [-0.1, -0.05) is 28.4 Å². The molecule has 1 fully saturated rings. The average Bonchev–Trinajstić information content (AvgIpc) is 2.47. The van der Waals surface area contributed by atoms with Crippen LogP contribution in [0.15, 0.2) is 22.7 Å². The topological polar surface area (TPSA) is 41.3 Å². The highest BCUT2D eigenvalue weighted by molar-refractivity contribution is 9.10. The minimum atomic E-state index is -0.224. The summed E-state index contributed by atoms with van der Waals surface area (Å²) in [7, 11) is 0. The fraction of sp³-hybridized carbons (Fsp3) is 0.625. The SMILES string of the molecule is CC(C)(C(Cc1ccc(F)cc1Br)NN)N1CCCCC1. The van der Waals surface area contributed by atoms with Crippen molar-refractivity contribution in [2.45, 2.75) is 51.1 Å². The first kappa shape index (κ1) is 16.9.